The fourth-order valence-electron chi connectivity index (χ4n) is 2.86. The lowest BCUT2D eigenvalue weighted by Crippen LogP contribution is -2.10. The second-order valence-electron chi connectivity index (χ2n) is 5.85. The van der Waals surface area contributed by atoms with Gasteiger partial charge in [-0.25, -0.2) is 13.6 Å². The second kappa shape index (κ2) is 8.41. The first-order chi connectivity index (χ1) is 13.1. The van der Waals surface area contributed by atoms with Crippen LogP contribution >= 0.6 is 0 Å². The third-order valence-corrected chi connectivity index (χ3v) is 4.06. The van der Waals surface area contributed by atoms with Crippen LogP contribution in [0, 0.1) is 11.6 Å². The molecule has 0 saturated heterocycles. The van der Waals surface area contributed by atoms with Gasteiger partial charge < -0.3 is 4.74 Å². The zero-order chi connectivity index (χ0) is 19.2. The van der Waals surface area contributed by atoms with Gasteiger partial charge in [-0.2, -0.15) is 0 Å². The number of rotatable bonds is 5. The molecule has 0 aliphatic carbocycles. The highest BCUT2D eigenvalue weighted by molar-refractivity contribution is 6.26. The first kappa shape index (κ1) is 18.5. The number of halogens is 2. The van der Waals surface area contributed by atoms with Gasteiger partial charge in [0.25, 0.3) is 0 Å². The van der Waals surface area contributed by atoms with E-state index in [0.717, 1.165) is 0 Å². The number of ether oxygens (including phenoxy) is 1. The molecule has 0 amide bonds. The first-order valence-corrected chi connectivity index (χ1v) is 8.59. The summed E-state index contributed by atoms with van der Waals surface area (Å²) in [6.07, 6.45) is 0. The maximum atomic E-state index is 13.5. The molecule has 4 heteroatoms. The Morgan fingerprint density at radius 3 is 1.67 bits per heavy atom. The van der Waals surface area contributed by atoms with Gasteiger partial charge in [0.1, 0.15) is 11.6 Å². The number of carbonyl (C=O) groups excluding carboxylic acids is 1. The predicted octanol–water partition coefficient (Wildman–Crippen LogP) is 5.49. The van der Waals surface area contributed by atoms with Gasteiger partial charge in [0, 0.05) is 5.57 Å². The Balaban J connectivity index is 2.33. The number of hydrogen-bond donors (Lipinski definition) is 0. The van der Waals surface area contributed by atoms with Crippen molar-refractivity contribution < 1.29 is 18.3 Å². The lowest BCUT2D eigenvalue weighted by Gasteiger charge is -2.16. The van der Waals surface area contributed by atoms with E-state index < -0.39 is 5.97 Å². The molecule has 27 heavy (non-hydrogen) atoms. The van der Waals surface area contributed by atoms with Gasteiger partial charge in [-0.05, 0) is 47.9 Å². The summed E-state index contributed by atoms with van der Waals surface area (Å²) < 4.78 is 32.2. The third kappa shape index (κ3) is 4.29. The highest BCUT2D eigenvalue weighted by Gasteiger charge is 2.21. The predicted molar refractivity (Wildman–Crippen MR) is 102 cm³/mol. The van der Waals surface area contributed by atoms with E-state index in [2.05, 4.69) is 0 Å². The number of hydrogen-bond acceptors (Lipinski definition) is 2. The summed E-state index contributed by atoms with van der Waals surface area (Å²) in [5.41, 5.74) is 2.83. The highest BCUT2D eigenvalue weighted by atomic mass is 19.1. The van der Waals surface area contributed by atoms with Gasteiger partial charge in [-0.3, -0.25) is 0 Å². The van der Waals surface area contributed by atoms with Crippen LogP contribution in [0.5, 0.6) is 0 Å². The minimum atomic E-state index is -0.493. The second-order valence-corrected chi connectivity index (χ2v) is 5.85. The Labute approximate surface area is 156 Å². The lowest BCUT2D eigenvalue weighted by molar-refractivity contribution is -0.136. The molecule has 0 fully saturated rings. The zero-order valence-corrected chi connectivity index (χ0v) is 14.8. The largest absolute Gasteiger partial charge is 0.462 e. The van der Waals surface area contributed by atoms with Gasteiger partial charge in [-0.1, -0.05) is 54.6 Å². The molecule has 0 radical (unpaired) electrons. The van der Waals surface area contributed by atoms with Crippen LogP contribution in [0.25, 0.3) is 11.1 Å². The maximum absolute atomic E-state index is 13.5. The minimum Gasteiger partial charge on any atom is -0.462 e. The van der Waals surface area contributed by atoms with Gasteiger partial charge >= 0.3 is 5.97 Å². The molecule has 0 aliphatic rings. The van der Waals surface area contributed by atoms with Crippen molar-refractivity contribution in [2.45, 2.75) is 6.92 Å². The van der Waals surface area contributed by atoms with Gasteiger partial charge in [0.2, 0.25) is 0 Å². The first-order valence-electron chi connectivity index (χ1n) is 8.59. The molecule has 0 atom stereocenters. The average Bonchev–Trinajstić information content (AvgIpc) is 2.69. The van der Waals surface area contributed by atoms with Crippen molar-refractivity contribution in [2.24, 2.45) is 0 Å². The summed E-state index contributed by atoms with van der Waals surface area (Å²) in [6, 6.07) is 20.8. The van der Waals surface area contributed by atoms with Crippen LogP contribution in [0.3, 0.4) is 0 Å². The van der Waals surface area contributed by atoms with Crippen LogP contribution in [0.4, 0.5) is 8.78 Å². The molecule has 0 N–H and O–H groups in total. The fourth-order valence-corrected chi connectivity index (χ4v) is 2.86. The quantitative estimate of drug-likeness (QED) is 0.340. The van der Waals surface area contributed by atoms with Crippen molar-refractivity contribution in [1.82, 2.24) is 0 Å². The average molecular weight is 364 g/mol. The molecule has 0 aliphatic heterocycles. The number of benzene rings is 3. The molecule has 0 spiro atoms. The molecule has 136 valence electrons. The van der Waals surface area contributed by atoms with Gasteiger partial charge in [0.15, 0.2) is 0 Å². The Hall–Kier alpha value is -3.27. The summed E-state index contributed by atoms with van der Waals surface area (Å²) in [5.74, 6) is -1.25. The molecule has 3 aromatic carbocycles. The normalized spacial score (nSPS) is 10.3. The van der Waals surface area contributed by atoms with E-state index in [-0.39, 0.29) is 18.2 Å². The van der Waals surface area contributed by atoms with Crippen molar-refractivity contribution in [3.63, 3.8) is 0 Å². The SMILES string of the molecule is CCOC(=O)C(=C(c1ccc(F)cc1)c1ccc(F)cc1)c1ccccc1. The minimum absolute atomic E-state index is 0.218. The number of carbonyl (C=O) groups is 1. The molecule has 0 bridgehead atoms. The summed E-state index contributed by atoms with van der Waals surface area (Å²) in [6.45, 7) is 1.95. The molecule has 0 aromatic heterocycles. The Morgan fingerprint density at radius 2 is 1.22 bits per heavy atom. The summed E-state index contributed by atoms with van der Waals surface area (Å²) in [5, 5.41) is 0. The molecule has 3 rings (SSSR count). The van der Waals surface area contributed by atoms with E-state index in [1.807, 2.05) is 18.2 Å². The van der Waals surface area contributed by atoms with Crippen LogP contribution in [0.1, 0.15) is 23.6 Å². The van der Waals surface area contributed by atoms with Crippen molar-refractivity contribution in [2.75, 3.05) is 6.61 Å². The summed E-state index contributed by atoms with van der Waals surface area (Å²) >= 11 is 0. The van der Waals surface area contributed by atoms with E-state index in [9.17, 15) is 13.6 Å². The van der Waals surface area contributed by atoms with Crippen molar-refractivity contribution >= 4 is 17.1 Å². The molecule has 0 heterocycles. The van der Waals surface area contributed by atoms with Gasteiger partial charge in [-0.15, -0.1) is 0 Å². The topological polar surface area (TPSA) is 26.3 Å². The Morgan fingerprint density at radius 1 is 0.741 bits per heavy atom. The molecular weight excluding hydrogens is 346 g/mol. The van der Waals surface area contributed by atoms with Crippen LogP contribution in [-0.4, -0.2) is 12.6 Å². The lowest BCUT2D eigenvalue weighted by atomic mass is 9.89. The Bertz CT molecular complexity index is 896. The Kier molecular flexibility index (Phi) is 5.77. The van der Waals surface area contributed by atoms with E-state index in [0.29, 0.717) is 27.8 Å². The standard InChI is InChI=1S/C23H18F2O2/c1-2-27-23(26)22(16-6-4-3-5-7-16)21(17-8-12-19(24)13-9-17)18-10-14-20(25)15-11-18/h3-15H,2H2,1H3. The van der Waals surface area contributed by atoms with Crippen molar-refractivity contribution in [3.8, 4) is 0 Å². The van der Waals surface area contributed by atoms with Crippen LogP contribution in [0.15, 0.2) is 78.9 Å². The monoisotopic (exact) mass is 364 g/mol. The summed E-state index contributed by atoms with van der Waals surface area (Å²) in [7, 11) is 0. The van der Waals surface area contributed by atoms with E-state index >= 15 is 0 Å². The summed E-state index contributed by atoms with van der Waals surface area (Å²) in [4.78, 5) is 12.8. The van der Waals surface area contributed by atoms with Crippen LogP contribution < -0.4 is 0 Å². The van der Waals surface area contributed by atoms with E-state index in [1.54, 1.807) is 43.3 Å². The molecular formula is C23H18F2O2. The van der Waals surface area contributed by atoms with Crippen LogP contribution in [0.2, 0.25) is 0 Å². The zero-order valence-electron chi connectivity index (χ0n) is 14.8. The molecule has 0 unspecified atom stereocenters. The van der Waals surface area contributed by atoms with Crippen molar-refractivity contribution in [1.29, 1.82) is 0 Å². The smallest absolute Gasteiger partial charge is 0.339 e. The number of esters is 1. The van der Waals surface area contributed by atoms with Gasteiger partial charge in [0.05, 0.1) is 12.2 Å². The molecule has 0 saturated carbocycles. The van der Waals surface area contributed by atoms with Crippen LogP contribution in [-0.2, 0) is 9.53 Å². The maximum Gasteiger partial charge on any atom is 0.339 e. The van der Waals surface area contributed by atoms with E-state index in [1.165, 1.54) is 24.3 Å². The molecule has 2 nitrogen and oxygen atoms in total. The van der Waals surface area contributed by atoms with E-state index in [4.69, 9.17) is 4.74 Å². The fraction of sp³-hybridized carbons (Fsp3) is 0.0870. The third-order valence-electron chi connectivity index (χ3n) is 4.06. The molecule has 3 aromatic rings. The van der Waals surface area contributed by atoms with Crippen molar-refractivity contribution in [3.05, 3.63) is 107 Å². The highest BCUT2D eigenvalue weighted by Crippen LogP contribution is 2.33.